The molecule has 0 unspecified atom stereocenters. The van der Waals surface area contributed by atoms with Gasteiger partial charge in [0.05, 0.1) is 0 Å². The van der Waals surface area contributed by atoms with Crippen LogP contribution >= 0.6 is 0 Å². The molecule has 0 spiro atoms. The Hall–Kier alpha value is -1.52. The summed E-state index contributed by atoms with van der Waals surface area (Å²) < 4.78 is 0. The maximum atomic E-state index is 11.9. The van der Waals surface area contributed by atoms with Crippen LogP contribution in [0.5, 0.6) is 0 Å². The highest BCUT2D eigenvalue weighted by Gasteiger charge is 2.35. The standard InChI is InChI=1S/C11H18N2O3/c1-8(2)7-12(3)11(16)13-6-4-5-9(13)10(14)15/h9H,1,4-7H2,2-3H3,(H,14,15)/t9-/m0/s1. The molecule has 0 aliphatic carbocycles. The number of rotatable bonds is 3. The van der Waals surface area contributed by atoms with Crippen LogP contribution in [0.15, 0.2) is 12.2 Å². The molecule has 0 saturated carbocycles. The summed E-state index contributed by atoms with van der Waals surface area (Å²) >= 11 is 0. The molecule has 90 valence electrons. The lowest BCUT2D eigenvalue weighted by Gasteiger charge is -2.27. The molecule has 2 amide bonds. The summed E-state index contributed by atoms with van der Waals surface area (Å²) in [7, 11) is 1.66. The Kier molecular flexibility index (Phi) is 3.93. The third-order valence-corrected chi connectivity index (χ3v) is 2.62. The number of carboxylic acids is 1. The minimum Gasteiger partial charge on any atom is -0.480 e. The summed E-state index contributed by atoms with van der Waals surface area (Å²) in [6, 6.07) is -0.895. The van der Waals surface area contributed by atoms with E-state index in [2.05, 4.69) is 6.58 Å². The van der Waals surface area contributed by atoms with Crippen LogP contribution in [-0.2, 0) is 4.79 Å². The Morgan fingerprint density at radius 2 is 2.19 bits per heavy atom. The molecule has 1 atom stereocenters. The van der Waals surface area contributed by atoms with Gasteiger partial charge in [-0.3, -0.25) is 0 Å². The molecular formula is C11H18N2O3. The van der Waals surface area contributed by atoms with Gasteiger partial charge in [0.25, 0.3) is 0 Å². The molecule has 0 radical (unpaired) electrons. The number of likely N-dealkylation sites (N-methyl/N-ethyl adjacent to an activating group) is 1. The molecule has 1 heterocycles. The van der Waals surface area contributed by atoms with Gasteiger partial charge in [-0.2, -0.15) is 0 Å². The lowest BCUT2D eigenvalue weighted by Crippen LogP contribution is -2.47. The molecular weight excluding hydrogens is 208 g/mol. The Morgan fingerprint density at radius 3 is 2.69 bits per heavy atom. The Bertz CT molecular complexity index is 314. The smallest absolute Gasteiger partial charge is 0.326 e. The van der Waals surface area contributed by atoms with E-state index in [4.69, 9.17) is 5.11 Å². The highest BCUT2D eigenvalue weighted by Crippen LogP contribution is 2.19. The van der Waals surface area contributed by atoms with Gasteiger partial charge in [0.1, 0.15) is 6.04 Å². The summed E-state index contributed by atoms with van der Waals surface area (Å²) in [6.45, 7) is 6.55. The summed E-state index contributed by atoms with van der Waals surface area (Å²) in [5.41, 5.74) is 0.877. The van der Waals surface area contributed by atoms with Gasteiger partial charge < -0.3 is 14.9 Å². The van der Waals surface area contributed by atoms with Crippen LogP contribution in [0.2, 0.25) is 0 Å². The number of carbonyl (C=O) groups is 2. The molecule has 1 rings (SSSR count). The van der Waals surface area contributed by atoms with Crippen LogP contribution in [0.25, 0.3) is 0 Å². The molecule has 5 heteroatoms. The Morgan fingerprint density at radius 1 is 1.56 bits per heavy atom. The van der Waals surface area contributed by atoms with Crippen molar-refractivity contribution < 1.29 is 14.7 Å². The Labute approximate surface area is 95.3 Å². The second-order valence-electron chi connectivity index (χ2n) is 4.29. The van der Waals surface area contributed by atoms with Crippen molar-refractivity contribution >= 4 is 12.0 Å². The number of hydrogen-bond acceptors (Lipinski definition) is 2. The number of carboxylic acid groups (broad SMARTS) is 1. The fraction of sp³-hybridized carbons (Fsp3) is 0.636. The quantitative estimate of drug-likeness (QED) is 0.735. The highest BCUT2D eigenvalue weighted by atomic mass is 16.4. The maximum absolute atomic E-state index is 11.9. The second-order valence-corrected chi connectivity index (χ2v) is 4.29. The number of likely N-dealkylation sites (tertiary alicyclic amines) is 1. The third kappa shape index (κ3) is 2.74. The van der Waals surface area contributed by atoms with Crippen LogP contribution < -0.4 is 0 Å². The van der Waals surface area contributed by atoms with Crippen molar-refractivity contribution in [3.8, 4) is 0 Å². The number of nitrogens with zero attached hydrogens (tertiary/aromatic N) is 2. The SMILES string of the molecule is C=C(C)CN(C)C(=O)N1CCC[C@H]1C(=O)O. The van der Waals surface area contributed by atoms with Crippen molar-refractivity contribution in [2.45, 2.75) is 25.8 Å². The predicted octanol–water partition coefficient (Wildman–Crippen LogP) is 1.16. The van der Waals surface area contributed by atoms with Crippen molar-refractivity contribution in [1.29, 1.82) is 0 Å². The first-order valence-electron chi connectivity index (χ1n) is 5.32. The van der Waals surface area contributed by atoms with Gasteiger partial charge in [0.2, 0.25) is 0 Å². The molecule has 0 aromatic carbocycles. The first kappa shape index (κ1) is 12.5. The van der Waals surface area contributed by atoms with Gasteiger partial charge in [0.15, 0.2) is 0 Å². The van der Waals surface area contributed by atoms with E-state index in [1.165, 1.54) is 9.80 Å². The second kappa shape index (κ2) is 5.01. The zero-order valence-electron chi connectivity index (χ0n) is 9.77. The number of hydrogen-bond donors (Lipinski definition) is 1. The van der Waals surface area contributed by atoms with Crippen LogP contribution in [-0.4, -0.2) is 53.1 Å². The first-order valence-corrected chi connectivity index (χ1v) is 5.32. The monoisotopic (exact) mass is 226 g/mol. The van der Waals surface area contributed by atoms with E-state index in [0.717, 1.165) is 12.0 Å². The molecule has 1 N–H and O–H groups in total. The summed E-state index contributed by atoms with van der Waals surface area (Å²) in [5, 5.41) is 8.97. The van der Waals surface area contributed by atoms with Crippen molar-refractivity contribution in [3.05, 3.63) is 12.2 Å². The fourth-order valence-corrected chi connectivity index (χ4v) is 1.94. The van der Waals surface area contributed by atoms with Crippen LogP contribution in [0, 0.1) is 0 Å². The van der Waals surface area contributed by atoms with Crippen LogP contribution in [0.3, 0.4) is 0 Å². The van der Waals surface area contributed by atoms with Gasteiger partial charge in [-0.15, -0.1) is 0 Å². The molecule has 0 aromatic rings. The van der Waals surface area contributed by atoms with Gasteiger partial charge in [-0.25, -0.2) is 9.59 Å². The van der Waals surface area contributed by atoms with E-state index >= 15 is 0 Å². The van der Waals surface area contributed by atoms with Crippen molar-refractivity contribution in [1.82, 2.24) is 9.80 Å². The van der Waals surface area contributed by atoms with E-state index in [0.29, 0.717) is 19.5 Å². The maximum Gasteiger partial charge on any atom is 0.326 e. The predicted molar refractivity (Wildman–Crippen MR) is 60.2 cm³/mol. The molecule has 1 aliphatic rings. The number of carbonyl (C=O) groups excluding carboxylic acids is 1. The molecule has 0 bridgehead atoms. The largest absolute Gasteiger partial charge is 0.480 e. The summed E-state index contributed by atoms with van der Waals surface area (Å²) in [4.78, 5) is 25.8. The van der Waals surface area contributed by atoms with Crippen molar-refractivity contribution in [3.63, 3.8) is 0 Å². The van der Waals surface area contributed by atoms with Gasteiger partial charge in [0, 0.05) is 20.1 Å². The van der Waals surface area contributed by atoms with E-state index in [1.54, 1.807) is 7.05 Å². The molecule has 5 nitrogen and oxygen atoms in total. The van der Waals surface area contributed by atoms with Crippen molar-refractivity contribution in [2.75, 3.05) is 20.1 Å². The average Bonchev–Trinajstić information content (AvgIpc) is 2.63. The van der Waals surface area contributed by atoms with E-state index in [9.17, 15) is 9.59 Å². The van der Waals surface area contributed by atoms with E-state index in [1.807, 2.05) is 6.92 Å². The van der Waals surface area contributed by atoms with Gasteiger partial charge >= 0.3 is 12.0 Å². The van der Waals surface area contributed by atoms with Crippen LogP contribution in [0.4, 0.5) is 4.79 Å². The fourth-order valence-electron chi connectivity index (χ4n) is 1.94. The third-order valence-electron chi connectivity index (χ3n) is 2.62. The molecule has 1 fully saturated rings. The molecule has 1 aliphatic heterocycles. The van der Waals surface area contributed by atoms with Gasteiger partial charge in [-0.1, -0.05) is 12.2 Å². The molecule has 1 saturated heterocycles. The summed E-state index contributed by atoms with van der Waals surface area (Å²) in [5.74, 6) is -0.922. The average molecular weight is 226 g/mol. The molecule has 0 aromatic heterocycles. The van der Waals surface area contributed by atoms with E-state index in [-0.39, 0.29) is 6.03 Å². The van der Waals surface area contributed by atoms with Crippen molar-refractivity contribution in [2.24, 2.45) is 0 Å². The lowest BCUT2D eigenvalue weighted by molar-refractivity contribution is -0.141. The zero-order chi connectivity index (χ0) is 12.3. The van der Waals surface area contributed by atoms with E-state index < -0.39 is 12.0 Å². The Balaban J connectivity index is 2.65. The van der Waals surface area contributed by atoms with Crippen LogP contribution in [0.1, 0.15) is 19.8 Å². The highest BCUT2D eigenvalue weighted by molar-refractivity contribution is 5.83. The summed E-state index contributed by atoms with van der Waals surface area (Å²) in [6.07, 6.45) is 1.30. The number of aliphatic carboxylic acids is 1. The topological polar surface area (TPSA) is 60.9 Å². The molecule has 16 heavy (non-hydrogen) atoms. The number of urea groups is 1. The first-order chi connectivity index (χ1) is 7.43. The lowest BCUT2D eigenvalue weighted by atomic mass is 10.2. The minimum atomic E-state index is -0.922. The minimum absolute atomic E-state index is 0.229. The van der Waals surface area contributed by atoms with Gasteiger partial charge in [-0.05, 0) is 19.8 Å². The normalized spacial score (nSPS) is 19.6. The number of amides is 2. The zero-order valence-corrected chi connectivity index (χ0v) is 9.77.